The molecule has 4 nitrogen and oxygen atoms in total. The molecule has 1 fully saturated rings. The molecule has 0 bridgehead atoms. The second-order valence-electron chi connectivity index (χ2n) is 4.91. The van der Waals surface area contributed by atoms with E-state index in [0.29, 0.717) is 5.92 Å². The van der Waals surface area contributed by atoms with E-state index in [-0.39, 0.29) is 22.1 Å². The standard InChI is InChI=1S/C14H18ClNO3/c1-2-14-12(7-8-19-14)13(15)9-10-3-5-11(6-4-10)16(17)18/h3-6,12-14H,2,7-9H2,1H3. The van der Waals surface area contributed by atoms with Gasteiger partial charge in [0.15, 0.2) is 0 Å². The van der Waals surface area contributed by atoms with Gasteiger partial charge in [-0.2, -0.15) is 0 Å². The second kappa shape index (κ2) is 6.35. The molecule has 0 radical (unpaired) electrons. The summed E-state index contributed by atoms with van der Waals surface area (Å²) < 4.78 is 5.65. The summed E-state index contributed by atoms with van der Waals surface area (Å²) in [5.74, 6) is 0.377. The third-order valence-corrected chi connectivity index (χ3v) is 4.18. The minimum atomic E-state index is -0.389. The molecule has 0 aromatic heterocycles. The zero-order valence-electron chi connectivity index (χ0n) is 10.9. The smallest absolute Gasteiger partial charge is 0.269 e. The topological polar surface area (TPSA) is 52.4 Å². The first-order valence-corrected chi connectivity index (χ1v) is 7.04. The van der Waals surface area contributed by atoms with Crippen molar-refractivity contribution >= 4 is 17.3 Å². The molecule has 19 heavy (non-hydrogen) atoms. The first-order valence-electron chi connectivity index (χ1n) is 6.60. The number of benzene rings is 1. The van der Waals surface area contributed by atoms with E-state index in [4.69, 9.17) is 16.3 Å². The quantitative estimate of drug-likeness (QED) is 0.472. The Kier molecular flexibility index (Phi) is 4.77. The Morgan fingerprint density at radius 2 is 2.16 bits per heavy atom. The molecule has 1 aliphatic rings. The minimum Gasteiger partial charge on any atom is -0.378 e. The zero-order chi connectivity index (χ0) is 13.8. The molecule has 0 spiro atoms. The fourth-order valence-corrected chi connectivity index (χ4v) is 3.10. The lowest BCUT2D eigenvalue weighted by Crippen LogP contribution is -2.25. The molecule has 1 heterocycles. The van der Waals surface area contributed by atoms with Crippen LogP contribution in [-0.2, 0) is 11.2 Å². The third kappa shape index (κ3) is 3.45. The van der Waals surface area contributed by atoms with Crippen LogP contribution in [0.4, 0.5) is 5.69 Å². The van der Waals surface area contributed by atoms with E-state index in [9.17, 15) is 10.1 Å². The minimum absolute atomic E-state index is 0.0221. The van der Waals surface area contributed by atoms with Gasteiger partial charge in [-0.05, 0) is 24.8 Å². The first-order chi connectivity index (χ1) is 9.11. The molecule has 104 valence electrons. The van der Waals surface area contributed by atoms with Gasteiger partial charge < -0.3 is 4.74 Å². The molecule has 1 aliphatic heterocycles. The molecule has 1 saturated heterocycles. The van der Waals surface area contributed by atoms with Crippen molar-refractivity contribution in [3.05, 3.63) is 39.9 Å². The fourth-order valence-electron chi connectivity index (χ4n) is 2.63. The van der Waals surface area contributed by atoms with Crippen LogP contribution in [-0.4, -0.2) is 23.0 Å². The largest absolute Gasteiger partial charge is 0.378 e. The molecule has 2 rings (SSSR count). The van der Waals surface area contributed by atoms with Crippen LogP contribution in [0.1, 0.15) is 25.3 Å². The van der Waals surface area contributed by atoms with Crippen molar-refractivity contribution in [3.63, 3.8) is 0 Å². The Hall–Kier alpha value is -1.13. The van der Waals surface area contributed by atoms with Gasteiger partial charge in [0.2, 0.25) is 0 Å². The maximum absolute atomic E-state index is 10.6. The lowest BCUT2D eigenvalue weighted by molar-refractivity contribution is -0.384. The molecule has 0 amide bonds. The Morgan fingerprint density at radius 1 is 1.47 bits per heavy atom. The van der Waals surface area contributed by atoms with Crippen LogP contribution in [0.3, 0.4) is 0 Å². The summed E-state index contributed by atoms with van der Waals surface area (Å²) in [6.07, 6.45) is 2.96. The highest BCUT2D eigenvalue weighted by Gasteiger charge is 2.32. The Morgan fingerprint density at radius 3 is 2.74 bits per heavy atom. The predicted octanol–water partition coefficient (Wildman–Crippen LogP) is 3.56. The van der Waals surface area contributed by atoms with Crippen molar-refractivity contribution in [1.29, 1.82) is 0 Å². The van der Waals surface area contributed by atoms with Crippen LogP contribution in [0.2, 0.25) is 0 Å². The van der Waals surface area contributed by atoms with E-state index in [1.807, 2.05) is 0 Å². The number of hydrogen-bond acceptors (Lipinski definition) is 3. The summed E-state index contributed by atoms with van der Waals surface area (Å²) in [6, 6.07) is 6.62. The third-order valence-electron chi connectivity index (χ3n) is 3.71. The highest BCUT2D eigenvalue weighted by atomic mass is 35.5. The molecule has 0 N–H and O–H groups in total. The highest BCUT2D eigenvalue weighted by Crippen LogP contribution is 2.31. The predicted molar refractivity (Wildman–Crippen MR) is 74.6 cm³/mol. The summed E-state index contributed by atoms with van der Waals surface area (Å²) in [5.41, 5.74) is 1.15. The number of halogens is 1. The number of non-ortho nitro benzene ring substituents is 1. The lowest BCUT2D eigenvalue weighted by atomic mass is 9.92. The van der Waals surface area contributed by atoms with Gasteiger partial charge in [-0.15, -0.1) is 11.6 Å². The monoisotopic (exact) mass is 283 g/mol. The number of nitro groups is 1. The molecular weight excluding hydrogens is 266 g/mol. The van der Waals surface area contributed by atoms with Crippen molar-refractivity contribution in [2.24, 2.45) is 5.92 Å². The Balaban J connectivity index is 1.98. The molecule has 0 aliphatic carbocycles. The van der Waals surface area contributed by atoms with Crippen molar-refractivity contribution in [3.8, 4) is 0 Å². The van der Waals surface area contributed by atoms with E-state index < -0.39 is 0 Å². The molecule has 3 unspecified atom stereocenters. The molecule has 1 aromatic carbocycles. The maximum atomic E-state index is 10.6. The van der Waals surface area contributed by atoms with Crippen molar-refractivity contribution in [2.75, 3.05) is 6.61 Å². The van der Waals surface area contributed by atoms with Gasteiger partial charge in [0, 0.05) is 30.0 Å². The SMILES string of the molecule is CCC1OCCC1C(Cl)Cc1ccc([N+](=O)[O-])cc1. The molecule has 1 aromatic rings. The summed E-state index contributed by atoms with van der Waals surface area (Å²) in [4.78, 5) is 10.2. The summed E-state index contributed by atoms with van der Waals surface area (Å²) >= 11 is 6.48. The Labute approximate surface area is 117 Å². The van der Waals surface area contributed by atoms with Gasteiger partial charge in [0.25, 0.3) is 5.69 Å². The van der Waals surface area contributed by atoms with Crippen molar-refractivity contribution in [1.82, 2.24) is 0 Å². The van der Waals surface area contributed by atoms with Gasteiger partial charge in [-0.1, -0.05) is 19.1 Å². The molecular formula is C14H18ClNO3. The van der Waals surface area contributed by atoms with Gasteiger partial charge in [0.05, 0.1) is 11.0 Å². The van der Waals surface area contributed by atoms with E-state index >= 15 is 0 Å². The van der Waals surface area contributed by atoms with Crippen LogP contribution >= 0.6 is 11.6 Å². The molecule has 3 atom stereocenters. The van der Waals surface area contributed by atoms with Crippen LogP contribution in [0, 0.1) is 16.0 Å². The summed E-state index contributed by atoms with van der Waals surface area (Å²) in [6.45, 7) is 2.89. The average Bonchev–Trinajstić information content (AvgIpc) is 2.87. The van der Waals surface area contributed by atoms with Gasteiger partial charge >= 0.3 is 0 Å². The Bertz CT molecular complexity index is 435. The van der Waals surface area contributed by atoms with Crippen LogP contribution in [0.25, 0.3) is 0 Å². The zero-order valence-corrected chi connectivity index (χ0v) is 11.7. The average molecular weight is 284 g/mol. The van der Waals surface area contributed by atoms with Crippen LogP contribution < -0.4 is 0 Å². The van der Waals surface area contributed by atoms with E-state index in [2.05, 4.69) is 6.92 Å². The van der Waals surface area contributed by atoms with Crippen LogP contribution in [0.15, 0.2) is 24.3 Å². The van der Waals surface area contributed by atoms with E-state index in [0.717, 1.165) is 31.4 Å². The number of nitro benzene ring substituents is 1. The normalized spacial score (nSPS) is 24.3. The summed E-state index contributed by atoms with van der Waals surface area (Å²) in [5, 5.41) is 10.6. The second-order valence-corrected chi connectivity index (χ2v) is 5.47. The van der Waals surface area contributed by atoms with Crippen LogP contribution in [0.5, 0.6) is 0 Å². The highest BCUT2D eigenvalue weighted by molar-refractivity contribution is 6.21. The van der Waals surface area contributed by atoms with Gasteiger partial charge in [-0.3, -0.25) is 10.1 Å². The van der Waals surface area contributed by atoms with Crippen molar-refractivity contribution < 1.29 is 9.66 Å². The van der Waals surface area contributed by atoms with E-state index in [1.165, 1.54) is 12.1 Å². The first kappa shape index (κ1) is 14.3. The lowest BCUT2D eigenvalue weighted by Gasteiger charge is -2.22. The summed E-state index contributed by atoms with van der Waals surface area (Å²) in [7, 11) is 0. The number of ether oxygens (including phenoxy) is 1. The van der Waals surface area contributed by atoms with Gasteiger partial charge in [-0.25, -0.2) is 0 Å². The fraction of sp³-hybridized carbons (Fsp3) is 0.571. The van der Waals surface area contributed by atoms with E-state index in [1.54, 1.807) is 12.1 Å². The number of alkyl halides is 1. The van der Waals surface area contributed by atoms with Crippen molar-refractivity contribution in [2.45, 2.75) is 37.7 Å². The number of rotatable bonds is 5. The van der Waals surface area contributed by atoms with Gasteiger partial charge in [0.1, 0.15) is 0 Å². The molecule has 5 heteroatoms. The molecule has 0 saturated carbocycles. The number of nitrogens with zero attached hydrogens (tertiary/aromatic N) is 1. The number of hydrogen-bond donors (Lipinski definition) is 0. The maximum Gasteiger partial charge on any atom is 0.269 e.